The average molecular weight is 311 g/mol. The molecule has 0 radical (unpaired) electrons. The third kappa shape index (κ3) is 3.35. The van der Waals surface area contributed by atoms with Crippen molar-refractivity contribution < 1.29 is 27.9 Å². The van der Waals surface area contributed by atoms with Gasteiger partial charge in [0.1, 0.15) is 0 Å². The lowest BCUT2D eigenvalue weighted by molar-refractivity contribution is -0.136. The van der Waals surface area contributed by atoms with Gasteiger partial charge in [-0.3, -0.25) is 14.4 Å². The summed E-state index contributed by atoms with van der Waals surface area (Å²) in [6.07, 6.45) is -0.364. The Bertz CT molecular complexity index is 858. The Morgan fingerprint density at radius 1 is 1.14 bits per heavy atom. The van der Waals surface area contributed by atoms with E-state index in [-0.39, 0.29) is 28.6 Å². The van der Waals surface area contributed by atoms with Crippen LogP contribution in [-0.2, 0) is 24.4 Å². The second-order valence-electron chi connectivity index (χ2n) is 4.03. The second kappa shape index (κ2) is 5.50. The lowest BCUT2D eigenvalue weighted by Gasteiger charge is -2.06. The van der Waals surface area contributed by atoms with E-state index in [2.05, 4.69) is 14.7 Å². The molecule has 0 saturated carbocycles. The van der Waals surface area contributed by atoms with Gasteiger partial charge < -0.3 is 5.11 Å². The Hall–Kier alpha value is -2.46. The zero-order valence-electron chi connectivity index (χ0n) is 10.4. The summed E-state index contributed by atoms with van der Waals surface area (Å²) < 4.78 is 25.9. The first-order valence-electron chi connectivity index (χ1n) is 5.67. The summed E-state index contributed by atoms with van der Waals surface area (Å²) in [7, 11) is -3.93. The average Bonchev–Trinajstić information content (AvgIpc) is 2.38. The zero-order valence-corrected chi connectivity index (χ0v) is 11.3. The summed E-state index contributed by atoms with van der Waals surface area (Å²) in [6, 6.07) is 3.52. The molecule has 0 saturated heterocycles. The molecule has 9 nitrogen and oxygen atoms in total. The van der Waals surface area contributed by atoms with Crippen molar-refractivity contribution in [3.63, 3.8) is 0 Å². The number of benzene rings is 1. The van der Waals surface area contributed by atoms with Crippen molar-refractivity contribution in [3.05, 3.63) is 28.9 Å². The van der Waals surface area contributed by atoms with E-state index in [4.69, 9.17) is 5.11 Å². The summed E-state index contributed by atoms with van der Waals surface area (Å²) >= 11 is 0. The molecule has 0 bridgehead atoms. The van der Waals surface area contributed by atoms with E-state index < -0.39 is 27.8 Å². The molecule has 2 amide bonds. The minimum Gasteiger partial charge on any atom is -0.481 e. The predicted molar refractivity (Wildman–Crippen MR) is 66.2 cm³/mol. The molecular formula is C11H9N3O6S. The number of amides is 2. The van der Waals surface area contributed by atoms with Crippen LogP contribution in [0, 0.1) is 0 Å². The van der Waals surface area contributed by atoms with Crippen LogP contribution in [0.3, 0.4) is 0 Å². The highest BCUT2D eigenvalue weighted by atomic mass is 32.2. The lowest BCUT2D eigenvalue weighted by Crippen LogP contribution is -2.36. The van der Waals surface area contributed by atoms with Gasteiger partial charge in [0.15, 0.2) is 0 Å². The Labute approximate surface area is 118 Å². The molecule has 21 heavy (non-hydrogen) atoms. The van der Waals surface area contributed by atoms with E-state index in [1.807, 2.05) is 0 Å². The molecular weight excluding hydrogens is 302 g/mol. The van der Waals surface area contributed by atoms with Gasteiger partial charge in [0.25, 0.3) is 0 Å². The molecule has 1 aliphatic rings. The quantitative estimate of drug-likeness (QED) is 0.588. The number of hydrogen-bond acceptors (Lipinski definition) is 5. The van der Waals surface area contributed by atoms with Gasteiger partial charge in [-0.05, 0) is 18.2 Å². The minimum atomic E-state index is -3.93. The zero-order chi connectivity index (χ0) is 15.6. The molecule has 1 aromatic carbocycles. The van der Waals surface area contributed by atoms with Gasteiger partial charge in [-0.1, -0.05) is 0 Å². The summed E-state index contributed by atoms with van der Waals surface area (Å²) in [4.78, 5) is 39.2. The van der Waals surface area contributed by atoms with Crippen LogP contribution >= 0.6 is 0 Å². The number of carboxylic acids is 1. The molecule has 2 N–H and O–H groups in total. The van der Waals surface area contributed by atoms with Crippen molar-refractivity contribution in [1.82, 2.24) is 4.72 Å². The molecule has 0 aliphatic carbocycles. The number of carbonyl (C=O) groups excluding carboxylic acids is 2. The van der Waals surface area contributed by atoms with E-state index in [1.54, 1.807) is 0 Å². The molecule has 110 valence electrons. The first kappa shape index (κ1) is 14.9. The number of nitrogens with one attached hydrogen (secondary N) is 1. The van der Waals surface area contributed by atoms with E-state index in [9.17, 15) is 22.8 Å². The van der Waals surface area contributed by atoms with Crippen LogP contribution in [0.5, 0.6) is 0 Å². The molecule has 0 fully saturated rings. The van der Waals surface area contributed by atoms with Crippen LogP contribution in [0.1, 0.15) is 6.42 Å². The fraction of sp³-hybridized carbons (Fsp3) is 0.182. The molecule has 0 unspecified atom stereocenters. The van der Waals surface area contributed by atoms with Crippen molar-refractivity contribution in [2.45, 2.75) is 11.3 Å². The fourth-order valence-corrected chi connectivity index (χ4v) is 2.60. The van der Waals surface area contributed by atoms with Crippen molar-refractivity contribution in [1.29, 1.82) is 0 Å². The second-order valence-corrected chi connectivity index (χ2v) is 5.79. The monoisotopic (exact) mass is 311 g/mol. The van der Waals surface area contributed by atoms with Gasteiger partial charge in [0.05, 0.1) is 22.0 Å². The van der Waals surface area contributed by atoms with E-state index in [1.165, 1.54) is 12.1 Å². The maximum atomic E-state index is 11.9. The van der Waals surface area contributed by atoms with E-state index in [0.717, 1.165) is 6.07 Å². The minimum absolute atomic E-state index is 0.0271. The molecule has 0 atom stereocenters. The number of fused-ring (bicyclic) bond motifs is 1. The van der Waals surface area contributed by atoms with E-state index in [0.29, 0.717) is 0 Å². The SMILES string of the molecule is O=C(O)CCNS(=O)(=O)c1ccc2c(c1)=NC(=O)C(=O)N=2. The van der Waals surface area contributed by atoms with Gasteiger partial charge in [0.2, 0.25) is 10.0 Å². The molecule has 1 aliphatic heterocycles. The summed E-state index contributed by atoms with van der Waals surface area (Å²) in [6.45, 7) is -0.270. The number of carbonyl (C=O) groups is 3. The first-order valence-corrected chi connectivity index (χ1v) is 7.15. The van der Waals surface area contributed by atoms with Crippen LogP contribution in [0.2, 0.25) is 0 Å². The molecule has 1 aromatic rings. The largest absolute Gasteiger partial charge is 0.481 e. The summed E-state index contributed by atoms with van der Waals surface area (Å²) in [5, 5.41) is 8.54. The van der Waals surface area contributed by atoms with Crippen LogP contribution in [0.25, 0.3) is 0 Å². The standard InChI is InChI=1S/C11H9N3O6S/c15-9(16)3-4-12-21(19,20)6-1-2-7-8(5-6)14-11(18)10(17)13-7/h1-2,5,12H,3-4H2,(H,15,16). The van der Waals surface area contributed by atoms with Gasteiger partial charge in [-0.25, -0.2) is 23.1 Å². The molecule has 0 aromatic heterocycles. The highest BCUT2D eigenvalue weighted by Crippen LogP contribution is 2.04. The van der Waals surface area contributed by atoms with Crippen LogP contribution in [-0.4, -0.2) is 37.9 Å². The third-order valence-corrected chi connectivity index (χ3v) is 3.97. The van der Waals surface area contributed by atoms with Crippen molar-refractivity contribution >= 4 is 27.8 Å². The Morgan fingerprint density at radius 2 is 1.76 bits per heavy atom. The lowest BCUT2D eigenvalue weighted by atomic mass is 10.3. The fourth-order valence-electron chi connectivity index (χ4n) is 1.54. The van der Waals surface area contributed by atoms with Crippen molar-refractivity contribution in [2.24, 2.45) is 9.98 Å². The smallest absolute Gasteiger partial charge is 0.338 e. The van der Waals surface area contributed by atoms with Gasteiger partial charge in [-0.2, -0.15) is 0 Å². The highest BCUT2D eigenvalue weighted by Gasteiger charge is 2.18. The van der Waals surface area contributed by atoms with Crippen LogP contribution < -0.4 is 15.4 Å². The number of sulfonamides is 1. The van der Waals surface area contributed by atoms with Crippen molar-refractivity contribution in [3.8, 4) is 0 Å². The van der Waals surface area contributed by atoms with E-state index >= 15 is 0 Å². The Balaban J connectivity index is 2.35. The first-order chi connectivity index (χ1) is 9.79. The third-order valence-electron chi connectivity index (χ3n) is 2.52. The number of rotatable bonds is 5. The Kier molecular flexibility index (Phi) is 3.91. The van der Waals surface area contributed by atoms with Crippen LogP contribution in [0.15, 0.2) is 33.1 Å². The molecule has 0 spiro atoms. The van der Waals surface area contributed by atoms with Gasteiger partial charge in [0, 0.05) is 6.54 Å². The Morgan fingerprint density at radius 3 is 2.38 bits per heavy atom. The van der Waals surface area contributed by atoms with Gasteiger partial charge >= 0.3 is 17.8 Å². The number of hydrogen-bond donors (Lipinski definition) is 2. The maximum absolute atomic E-state index is 11.9. The topological polar surface area (TPSA) is 142 Å². The van der Waals surface area contributed by atoms with Crippen LogP contribution in [0.4, 0.5) is 0 Å². The predicted octanol–water partition coefficient (Wildman–Crippen LogP) is -2.25. The highest BCUT2D eigenvalue weighted by molar-refractivity contribution is 7.89. The normalized spacial score (nSPS) is 14.1. The van der Waals surface area contributed by atoms with Gasteiger partial charge in [-0.15, -0.1) is 0 Å². The number of carboxylic acid groups (broad SMARTS) is 1. The summed E-state index contributed by atoms with van der Waals surface area (Å²) in [5.74, 6) is -3.23. The number of nitrogens with zero attached hydrogens (tertiary/aromatic N) is 2. The van der Waals surface area contributed by atoms with Crippen molar-refractivity contribution in [2.75, 3.05) is 6.54 Å². The maximum Gasteiger partial charge on any atom is 0.338 e. The molecule has 1 heterocycles. The molecule has 10 heteroatoms. The number of aliphatic carboxylic acids is 1. The summed E-state index contributed by atoms with van der Waals surface area (Å²) in [5.41, 5.74) is 0. The molecule has 2 rings (SSSR count).